The summed E-state index contributed by atoms with van der Waals surface area (Å²) in [6.07, 6.45) is 1.65. The van der Waals surface area contributed by atoms with Crippen LogP contribution in [0.5, 0.6) is 17.2 Å². The number of carbonyl (C=O) groups excluding carboxylic acids is 1. The van der Waals surface area contributed by atoms with E-state index < -0.39 is 10.1 Å². The Bertz CT molecular complexity index is 1160. The quantitative estimate of drug-likeness (QED) is 0.461. The summed E-state index contributed by atoms with van der Waals surface area (Å²) in [5.41, 5.74) is 0.358. The number of Topliss-reactive ketones (excluding diaryl/α,β-unsaturated/α-hetero) is 1. The molecule has 0 amide bonds. The van der Waals surface area contributed by atoms with Crippen molar-refractivity contribution in [3.63, 3.8) is 0 Å². The van der Waals surface area contributed by atoms with Gasteiger partial charge in [0.1, 0.15) is 22.1 Å². The average molecular weight is 414 g/mol. The van der Waals surface area contributed by atoms with E-state index in [9.17, 15) is 13.2 Å². The first-order valence-corrected chi connectivity index (χ1v) is 10.5. The van der Waals surface area contributed by atoms with E-state index in [-0.39, 0.29) is 27.9 Å². The molecule has 2 heterocycles. The molecule has 0 saturated carbocycles. The number of hydrogen-bond acceptors (Lipinski definition) is 7. The molecule has 3 aromatic rings. The van der Waals surface area contributed by atoms with E-state index in [4.69, 9.17) is 13.7 Å². The normalized spacial score (nSPS) is 14.6. The number of allylic oxidation sites excluding steroid dienone is 1. The molecule has 0 atom stereocenters. The van der Waals surface area contributed by atoms with Crippen molar-refractivity contribution in [3.05, 3.63) is 76.2 Å². The number of rotatable bonds is 5. The maximum absolute atomic E-state index is 12.5. The minimum absolute atomic E-state index is 0.0101. The highest BCUT2D eigenvalue weighted by Gasteiger charge is 2.28. The molecule has 142 valence electrons. The third kappa shape index (κ3) is 3.51. The van der Waals surface area contributed by atoms with Crippen molar-refractivity contribution in [3.8, 4) is 17.2 Å². The van der Waals surface area contributed by atoms with Crippen molar-refractivity contribution < 1.29 is 26.9 Å². The number of thiophene rings is 1. The van der Waals surface area contributed by atoms with Crippen LogP contribution < -0.4 is 13.7 Å². The van der Waals surface area contributed by atoms with Crippen molar-refractivity contribution in [2.45, 2.75) is 4.90 Å². The largest absolute Gasteiger partial charge is 0.497 e. The van der Waals surface area contributed by atoms with Gasteiger partial charge in [0.25, 0.3) is 0 Å². The van der Waals surface area contributed by atoms with E-state index in [1.54, 1.807) is 6.08 Å². The molecule has 0 fully saturated rings. The van der Waals surface area contributed by atoms with Gasteiger partial charge in [-0.15, -0.1) is 11.3 Å². The van der Waals surface area contributed by atoms with E-state index in [2.05, 4.69) is 0 Å². The standard InChI is InChI=1S/C20H14O6S2/c1-24-13-4-7-16(8-5-13)28(22,23)26-14-6-9-17-18(11-14)25-19(20(17)21)12-15-3-2-10-27-15/h2-12H,1H3/b19-12-. The van der Waals surface area contributed by atoms with Crippen LogP contribution in [0.15, 0.2) is 70.6 Å². The van der Waals surface area contributed by atoms with Crippen LogP contribution in [0.1, 0.15) is 15.2 Å². The topological polar surface area (TPSA) is 78.9 Å². The Kier molecular flexibility index (Phi) is 4.66. The van der Waals surface area contributed by atoms with Crippen LogP contribution in [0.4, 0.5) is 0 Å². The van der Waals surface area contributed by atoms with E-state index in [1.165, 1.54) is 60.9 Å². The zero-order valence-corrected chi connectivity index (χ0v) is 16.2. The molecule has 0 radical (unpaired) electrons. The first-order chi connectivity index (χ1) is 13.5. The van der Waals surface area contributed by atoms with Gasteiger partial charge in [0.2, 0.25) is 5.78 Å². The average Bonchev–Trinajstić information content (AvgIpc) is 3.30. The van der Waals surface area contributed by atoms with Crippen LogP contribution in [0.2, 0.25) is 0 Å². The second kappa shape index (κ2) is 7.14. The van der Waals surface area contributed by atoms with Crippen LogP contribution in [0.25, 0.3) is 6.08 Å². The van der Waals surface area contributed by atoms with Crippen molar-refractivity contribution in [1.29, 1.82) is 0 Å². The third-order valence-electron chi connectivity index (χ3n) is 4.01. The summed E-state index contributed by atoms with van der Waals surface area (Å²) in [4.78, 5) is 13.3. The monoisotopic (exact) mass is 414 g/mol. The summed E-state index contributed by atoms with van der Waals surface area (Å²) >= 11 is 1.48. The first-order valence-electron chi connectivity index (χ1n) is 8.16. The van der Waals surface area contributed by atoms with Crippen LogP contribution >= 0.6 is 11.3 Å². The number of ketones is 1. The lowest BCUT2D eigenvalue weighted by Gasteiger charge is -2.08. The van der Waals surface area contributed by atoms with Gasteiger partial charge in [0.05, 0.1) is 12.7 Å². The second-order valence-electron chi connectivity index (χ2n) is 5.83. The van der Waals surface area contributed by atoms with E-state index in [1.807, 2.05) is 17.5 Å². The maximum atomic E-state index is 12.5. The fourth-order valence-electron chi connectivity index (χ4n) is 2.64. The number of carbonyl (C=O) groups is 1. The highest BCUT2D eigenvalue weighted by atomic mass is 32.2. The van der Waals surface area contributed by atoms with Gasteiger partial charge in [-0.2, -0.15) is 8.42 Å². The number of fused-ring (bicyclic) bond motifs is 1. The van der Waals surface area contributed by atoms with Crippen LogP contribution in [0.3, 0.4) is 0 Å². The van der Waals surface area contributed by atoms with Crippen LogP contribution in [0, 0.1) is 0 Å². The first kappa shape index (κ1) is 18.3. The highest BCUT2D eigenvalue weighted by Crippen LogP contribution is 2.36. The molecule has 4 rings (SSSR count). The molecule has 6 nitrogen and oxygen atoms in total. The highest BCUT2D eigenvalue weighted by molar-refractivity contribution is 7.87. The molecule has 0 saturated heterocycles. The van der Waals surface area contributed by atoms with Gasteiger partial charge in [-0.3, -0.25) is 4.79 Å². The molecule has 28 heavy (non-hydrogen) atoms. The summed E-state index contributed by atoms with van der Waals surface area (Å²) in [5.74, 6) is 0.781. The van der Waals surface area contributed by atoms with Gasteiger partial charge < -0.3 is 13.7 Å². The predicted molar refractivity (Wildman–Crippen MR) is 105 cm³/mol. The Labute approximate surface area is 165 Å². The Balaban J connectivity index is 1.58. The fraction of sp³-hybridized carbons (Fsp3) is 0.0500. The Morgan fingerprint density at radius 2 is 1.79 bits per heavy atom. The Morgan fingerprint density at radius 1 is 1.04 bits per heavy atom. The number of ether oxygens (including phenoxy) is 2. The van der Waals surface area contributed by atoms with Gasteiger partial charge in [0, 0.05) is 17.0 Å². The third-order valence-corrected chi connectivity index (χ3v) is 6.09. The van der Waals surface area contributed by atoms with Gasteiger partial charge in [-0.05, 0) is 47.8 Å². The van der Waals surface area contributed by atoms with Crippen LogP contribution in [-0.4, -0.2) is 21.3 Å². The minimum Gasteiger partial charge on any atom is -0.497 e. The van der Waals surface area contributed by atoms with E-state index >= 15 is 0 Å². The predicted octanol–water partition coefficient (Wildman–Crippen LogP) is 4.14. The van der Waals surface area contributed by atoms with Crippen molar-refractivity contribution in [2.75, 3.05) is 7.11 Å². The summed E-state index contributed by atoms with van der Waals surface area (Å²) < 4.78 is 40.7. The van der Waals surface area contributed by atoms with Crippen molar-refractivity contribution in [1.82, 2.24) is 0 Å². The number of methoxy groups -OCH3 is 1. The van der Waals surface area contributed by atoms with E-state index in [0.29, 0.717) is 11.3 Å². The molecule has 0 N–H and O–H groups in total. The molecule has 8 heteroatoms. The molecular weight excluding hydrogens is 400 g/mol. The second-order valence-corrected chi connectivity index (χ2v) is 8.35. The Hall–Kier alpha value is -3.10. The summed E-state index contributed by atoms with van der Waals surface area (Å²) in [5, 5.41) is 1.90. The number of hydrogen-bond donors (Lipinski definition) is 0. The lowest BCUT2D eigenvalue weighted by atomic mass is 10.1. The zero-order chi connectivity index (χ0) is 19.7. The van der Waals surface area contributed by atoms with Crippen molar-refractivity contribution >= 4 is 33.3 Å². The number of benzene rings is 2. The summed E-state index contributed by atoms with van der Waals surface area (Å²) in [6.45, 7) is 0. The molecule has 0 aliphatic carbocycles. The molecule has 0 spiro atoms. The van der Waals surface area contributed by atoms with Crippen molar-refractivity contribution in [2.24, 2.45) is 0 Å². The van der Waals surface area contributed by atoms with Gasteiger partial charge in [-0.1, -0.05) is 6.07 Å². The van der Waals surface area contributed by atoms with E-state index in [0.717, 1.165) is 4.88 Å². The lowest BCUT2D eigenvalue weighted by Crippen LogP contribution is -2.09. The molecular formula is C20H14O6S2. The minimum atomic E-state index is -4.03. The SMILES string of the molecule is COc1ccc(S(=O)(=O)Oc2ccc3c(c2)O/C(=C\c2cccs2)C3=O)cc1. The molecule has 1 aliphatic heterocycles. The Morgan fingerprint density at radius 3 is 2.46 bits per heavy atom. The molecule has 0 bridgehead atoms. The summed E-state index contributed by atoms with van der Waals surface area (Å²) in [7, 11) is -2.54. The molecule has 1 aliphatic rings. The van der Waals surface area contributed by atoms with Gasteiger partial charge in [-0.25, -0.2) is 0 Å². The van der Waals surface area contributed by atoms with Gasteiger partial charge >= 0.3 is 10.1 Å². The van der Waals surface area contributed by atoms with Gasteiger partial charge in [0.15, 0.2) is 5.76 Å². The zero-order valence-electron chi connectivity index (χ0n) is 14.6. The maximum Gasteiger partial charge on any atom is 0.339 e. The molecule has 1 aromatic heterocycles. The van der Waals surface area contributed by atoms with Crippen LogP contribution in [-0.2, 0) is 10.1 Å². The fourth-order valence-corrected chi connectivity index (χ4v) is 4.21. The molecule has 2 aromatic carbocycles. The lowest BCUT2D eigenvalue weighted by molar-refractivity contribution is 0.101. The summed E-state index contributed by atoms with van der Waals surface area (Å²) in [6, 6.07) is 13.9. The smallest absolute Gasteiger partial charge is 0.339 e. The molecule has 0 unspecified atom stereocenters.